The standard InChI is InChI=1S/C14H19F3N2O2/c1-19(13(20)10-18-11-14(15,16)17)8-5-9-21-12-6-3-2-4-7-12/h2-4,6-7,18H,5,8-11H2,1H3. The minimum Gasteiger partial charge on any atom is -0.494 e. The fraction of sp³-hybridized carbons (Fsp3) is 0.500. The monoisotopic (exact) mass is 304 g/mol. The molecule has 0 fully saturated rings. The molecule has 0 radical (unpaired) electrons. The number of para-hydroxylation sites is 1. The highest BCUT2D eigenvalue weighted by atomic mass is 19.4. The van der Waals surface area contributed by atoms with Crippen molar-refractivity contribution in [3.8, 4) is 5.75 Å². The van der Waals surface area contributed by atoms with Crippen LogP contribution < -0.4 is 10.1 Å². The van der Waals surface area contributed by atoms with E-state index >= 15 is 0 Å². The van der Waals surface area contributed by atoms with E-state index in [0.717, 1.165) is 5.75 Å². The third kappa shape index (κ3) is 8.19. The van der Waals surface area contributed by atoms with Gasteiger partial charge in [-0.1, -0.05) is 18.2 Å². The lowest BCUT2D eigenvalue weighted by molar-refractivity contribution is -0.133. The van der Waals surface area contributed by atoms with Gasteiger partial charge in [0.15, 0.2) is 0 Å². The van der Waals surface area contributed by atoms with Crippen LogP contribution in [0.15, 0.2) is 30.3 Å². The molecule has 0 spiro atoms. The van der Waals surface area contributed by atoms with Gasteiger partial charge in [0.1, 0.15) is 5.75 Å². The summed E-state index contributed by atoms with van der Waals surface area (Å²) < 4.78 is 41.2. The Hall–Kier alpha value is -1.76. The summed E-state index contributed by atoms with van der Waals surface area (Å²) in [6, 6.07) is 9.26. The lowest BCUT2D eigenvalue weighted by atomic mass is 10.3. The highest BCUT2D eigenvalue weighted by molar-refractivity contribution is 5.77. The average Bonchev–Trinajstić information content (AvgIpc) is 2.43. The molecule has 0 aromatic heterocycles. The third-order valence-electron chi connectivity index (χ3n) is 2.68. The Bertz CT molecular complexity index is 424. The second-order valence-electron chi connectivity index (χ2n) is 4.55. The van der Waals surface area contributed by atoms with Gasteiger partial charge in [-0.15, -0.1) is 0 Å². The summed E-state index contributed by atoms with van der Waals surface area (Å²) >= 11 is 0. The molecule has 1 N–H and O–H groups in total. The van der Waals surface area contributed by atoms with Crippen molar-refractivity contribution >= 4 is 5.91 Å². The van der Waals surface area contributed by atoms with Crippen LogP contribution in [0.25, 0.3) is 0 Å². The van der Waals surface area contributed by atoms with Crippen molar-refractivity contribution in [3.05, 3.63) is 30.3 Å². The number of hydrogen-bond donors (Lipinski definition) is 1. The first-order valence-corrected chi connectivity index (χ1v) is 6.58. The molecule has 0 atom stereocenters. The quantitative estimate of drug-likeness (QED) is 0.748. The largest absolute Gasteiger partial charge is 0.494 e. The van der Waals surface area contributed by atoms with Gasteiger partial charge in [0.05, 0.1) is 19.7 Å². The van der Waals surface area contributed by atoms with Gasteiger partial charge in [-0.05, 0) is 18.6 Å². The molecule has 1 aromatic rings. The summed E-state index contributed by atoms with van der Waals surface area (Å²) in [6.45, 7) is -0.615. The van der Waals surface area contributed by atoms with Crippen molar-refractivity contribution in [2.75, 3.05) is 33.3 Å². The minimum atomic E-state index is -4.30. The Morgan fingerprint density at radius 3 is 2.57 bits per heavy atom. The van der Waals surface area contributed by atoms with Crippen molar-refractivity contribution in [3.63, 3.8) is 0 Å². The topological polar surface area (TPSA) is 41.6 Å². The Morgan fingerprint density at radius 2 is 1.95 bits per heavy atom. The molecule has 0 bridgehead atoms. The molecule has 1 amide bonds. The van der Waals surface area contributed by atoms with E-state index in [2.05, 4.69) is 5.32 Å². The SMILES string of the molecule is CN(CCCOc1ccccc1)C(=O)CNCC(F)(F)F. The number of likely N-dealkylation sites (N-methyl/N-ethyl adjacent to an activating group) is 1. The Morgan fingerprint density at radius 1 is 1.29 bits per heavy atom. The molecule has 7 heteroatoms. The highest BCUT2D eigenvalue weighted by Gasteiger charge is 2.26. The van der Waals surface area contributed by atoms with E-state index in [9.17, 15) is 18.0 Å². The maximum absolute atomic E-state index is 11.9. The Kier molecular flexibility index (Phi) is 7.01. The fourth-order valence-corrected chi connectivity index (χ4v) is 1.58. The second-order valence-corrected chi connectivity index (χ2v) is 4.55. The van der Waals surface area contributed by atoms with Gasteiger partial charge < -0.3 is 15.0 Å². The average molecular weight is 304 g/mol. The molecule has 1 aromatic carbocycles. The number of amides is 1. The fourth-order valence-electron chi connectivity index (χ4n) is 1.58. The summed E-state index contributed by atoms with van der Waals surface area (Å²) in [5.41, 5.74) is 0. The number of rotatable bonds is 8. The van der Waals surface area contributed by atoms with Crippen molar-refractivity contribution in [2.24, 2.45) is 0 Å². The van der Waals surface area contributed by atoms with E-state index in [1.807, 2.05) is 30.3 Å². The number of alkyl halides is 3. The zero-order valence-corrected chi connectivity index (χ0v) is 11.8. The van der Waals surface area contributed by atoms with Gasteiger partial charge >= 0.3 is 6.18 Å². The van der Waals surface area contributed by atoms with Crippen LogP contribution in [0.1, 0.15) is 6.42 Å². The third-order valence-corrected chi connectivity index (χ3v) is 2.68. The number of carbonyl (C=O) groups excluding carboxylic acids is 1. The lowest BCUT2D eigenvalue weighted by Crippen LogP contribution is -2.39. The maximum atomic E-state index is 11.9. The predicted molar refractivity (Wildman–Crippen MR) is 73.1 cm³/mol. The zero-order valence-electron chi connectivity index (χ0n) is 11.8. The van der Waals surface area contributed by atoms with Crippen LogP contribution in [0.4, 0.5) is 13.2 Å². The van der Waals surface area contributed by atoms with E-state index in [1.165, 1.54) is 4.90 Å². The lowest BCUT2D eigenvalue weighted by Gasteiger charge is -2.18. The summed E-state index contributed by atoms with van der Waals surface area (Å²) in [6.07, 6.45) is -3.70. The Labute approximate surface area is 121 Å². The summed E-state index contributed by atoms with van der Waals surface area (Å²) in [7, 11) is 1.56. The summed E-state index contributed by atoms with van der Waals surface area (Å²) in [5.74, 6) is 0.372. The van der Waals surface area contributed by atoms with Gasteiger partial charge in [-0.3, -0.25) is 4.79 Å². The molecule has 1 rings (SSSR count). The van der Waals surface area contributed by atoms with E-state index < -0.39 is 12.7 Å². The van der Waals surface area contributed by atoms with Crippen molar-refractivity contribution in [1.29, 1.82) is 0 Å². The number of halogens is 3. The molecule has 0 unspecified atom stereocenters. The van der Waals surface area contributed by atoms with Crippen LogP contribution in [0.2, 0.25) is 0 Å². The number of ether oxygens (including phenoxy) is 1. The molecule has 0 aliphatic carbocycles. The number of carbonyl (C=O) groups is 1. The normalized spacial score (nSPS) is 11.2. The van der Waals surface area contributed by atoms with Gasteiger partial charge in [0.25, 0.3) is 0 Å². The van der Waals surface area contributed by atoms with Crippen LogP contribution in [0.5, 0.6) is 5.75 Å². The maximum Gasteiger partial charge on any atom is 0.401 e. The molecule has 0 aliphatic heterocycles. The van der Waals surface area contributed by atoms with Crippen molar-refractivity contribution < 1.29 is 22.7 Å². The van der Waals surface area contributed by atoms with E-state index in [-0.39, 0.29) is 12.5 Å². The van der Waals surface area contributed by atoms with Gasteiger partial charge in [-0.25, -0.2) is 0 Å². The number of benzene rings is 1. The number of nitrogens with zero attached hydrogens (tertiary/aromatic N) is 1. The van der Waals surface area contributed by atoms with Crippen LogP contribution in [0, 0.1) is 0 Å². The summed E-state index contributed by atoms with van der Waals surface area (Å²) in [4.78, 5) is 12.9. The van der Waals surface area contributed by atoms with Gasteiger partial charge in [-0.2, -0.15) is 13.2 Å². The van der Waals surface area contributed by atoms with Gasteiger partial charge in [0.2, 0.25) is 5.91 Å². The van der Waals surface area contributed by atoms with Gasteiger partial charge in [0, 0.05) is 13.6 Å². The highest BCUT2D eigenvalue weighted by Crippen LogP contribution is 2.12. The molecular weight excluding hydrogens is 285 g/mol. The Balaban J connectivity index is 2.12. The molecule has 21 heavy (non-hydrogen) atoms. The molecular formula is C14H19F3N2O2. The van der Waals surface area contributed by atoms with E-state index in [0.29, 0.717) is 19.6 Å². The van der Waals surface area contributed by atoms with E-state index in [4.69, 9.17) is 4.74 Å². The first-order chi connectivity index (χ1) is 9.88. The smallest absolute Gasteiger partial charge is 0.401 e. The van der Waals surface area contributed by atoms with E-state index in [1.54, 1.807) is 7.05 Å². The number of hydrogen-bond acceptors (Lipinski definition) is 3. The molecule has 4 nitrogen and oxygen atoms in total. The van der Waals surface area contributed by atoms with Crippen molar-refractivity contribution in [1.82, 2.24) is 10.2 Å². The molecule has 0 aliphatic rings. The molecule has 118 valence electrons. The summed E-state index contributed by atoms with van der Waals surface area (Å²) in [5, 5.41) is 2.07. The second kappa shape index (κ2) is 8.51. The van der Waals surface area contributed by atoms with Crippen LogP contribution in [-0.4, -0.2) is 50.3 Å². The van der Waals surface area contributed by atoms with Crippen molar-refractivity contribution in [2.45, 2.75) is 12.6 Å². The van der Waals surface area contributed by atoms with Crippen LogP contribution in [-0.2, 0) is 4.79 Å². The number of nitrogens with one attached hydrogen (secondary N) is 1. The minimum absolute atomic E-state index is 0.324. The molecule has 0 heterocycles. The first kappa shape index (κ1) is 17.3. The first-order valence-electron chi connectivity index (χ1n) is 6.58. The molecule has 0 saturated heterocycles. The predicted octanol–water partition coefficient (Wildman–Crippen LogP) is 2.07. The van der Waals surface area contributed by atoms with Crippen LogP contribution in [0.3, 0.4) is 0 Å². The molecule has 0 saturated carbocycles. The zero-order chi connectivity index (χ0) is 15.7. The van der Waals surface area contributed by atoms with Crippen LogP contribution >= 0.6 is 0 Å².